The van der Waals surface area contributed by atoms with Crippen LogP contribution in [-0.2, 0) is 10.0 Å². The highest BCUT2D eigenvalue weighted by Crippen LogP contribution is 2.15. The first-order valence-corrected chi connectivity index (χ1v) is 6.33. The lowest BCUT2D eigenvalue weighted by atomic mass is 10.3. The third-order valence-corrected chi connectivity index (χ3v) is 3.36. The zero-order valence-electron chi connectivity index (χ0n) is 8.73. The number of nitrogens with zero attached hydrogens (tertiary/aromatic N) is 1. The minimum Gasteiger partial charge on any atom is -0.388 e. The highest BCUT2D eigenvalue weighted by molar-refractivity contribution is 7.89. The maximum absolute atomic E-state index is 11.9. The Hall–Kier alpha value is -1.26. The highest BCUT2D eigenvalue weighted by Gasteiger charge is 2.30. The summed E-state index contributed by atoms with van der Waals surface area (Å²) in [4.78, 5) is 3.19. The fraction of sp³-hybridized carbons (Fsp3) is 0.250. The number of sulfonamides is 1. The smallest absolute Gasteiger partial charge is 0.388 e. The molecule has 5 nitrogen and oxygen atoms in total. The molecule has 0 aliphatic rings. The Bertz CT molecular complexity index is 540. The van der Waals surface area contributed by atoms with E-state index < -0.39 is 27.6 Å². The first-order valence-electron chi connectivity index (χ1n) is 4.44. The molecule has 0 bridgehead atoms. The normalized spacial score (nSPS) is 12.4. The van der Waals surface area contributed by atoms with E-state index in [4.69, 9.17) is 5.73 Å². The van der Waals surface area contributed by atoms with Crippen molar-refractivity contribution < 1.29 is 21.6 Å². The fourth-order valence-electron chi connectivity index (χ4n) is 0.945. The molecule has 18 heavy (non-hydrogen) atoms. The van der Waals surface area contributed by atoms with E-state index >= 15 is 0 Å². The predicted octanol–water partition coefficient (Wildman–Crippen LogP) is 0.556. The molecule has 3 N–H and O–H groups in total. The predicted molar refractivity (Wildman–Crippen MR) is 61.4 cm³/mol. The maximum Gasteiger partial charge on any atom is 0.402 e. The second-order valence-corrected chi connectivity index (χ2v) is 5.39. The zero-order chi connectivity index (χ0) is 14.0. The van der Waals surface area contributed by atoms with Crippen molar-refractivity contribution >= 4 is 27.2 Å². The Morgan fingerprint density at radius 1 is 1.44 bits per heavy atom. The van der Waals surface area contributed by atoms with E-state index in [-0.39, 0.29) is 10.7 Å². The second-order valence-electron chi connectivity index (χ2n) is 3.18. The SMILES string of the molecule is NC(=S)c1ccc(S(=O)(=O)NCC(F)(F)F)cn1. The van der Waals surface area contributed by atoms with Crippen molar-refractivity contribution in [3.63, 3.8) is 0 Å². The summed E-state index contributed by atoms with van der Waals surface area (Å²) in [6.45, 7) is -1.65. The van der Waals surface area contributed by atoms with Gasteiger partial charge < -0.3 is 5.73 Å². The molecule has 0 fully saturated rings. The molecule has 1 rings (SSSR count). The summed E-state index contributed by atoms with van der Waals surface area (Å²) in [6, 6.07) is 2.28. The molecule has 1 aromatic heterocycles. The average molecular weight is 299 g/mol. The lowest BCUT2D eigenvalue weighted by Crippen LogP contribution is -2.33. The van der Waals surface area contributed by atoms with Crippen LogP contribution in [-0.4, -0.2) is 31.1 Å². The largest absolute Gasteiger partial charge is 0.402 e. The zero-order valence-corrected chi connectivity index (χ0v) is 10.4. The van der Waals surface area contributed by atoms with Crippen LogP contribution in [0.15, 0.2) is 23.2 Å². The molecular weight excluding hydrogens is 291 g/mol. The molecular formula is C8H8F3N3O2S2. The summed E-state index contributed by atoms with van der Waals surface area (Å²) < 4.78 is 60.0. The van der Waals surface area contributed by atoms with Crippen molar-refractivity contribution in [3.8, 4) is 0 Å². The third kappa shape index (κ3) is 4.20. The Labute approximate surface area is 106 Å². The van der Waals surface area contributed by atoms with Gasteiger partial charge in [0.15, 0.2) is 0 Å². The van der Waals surface area contributed by atoms with Crippen LogP contribution in [0.5, 0.6) is 0 Å². The fourth-order valence-corrected chi connectivity index (χ4v) is 2.02. The van der Waals surface area contributed by atoms with E-state index in [1.54, 1.807) is 0 Å². The summed E-state index contributed by atoms with van der Waals surface area (Å²) in [5.74, 6) is 0. The number of pyridine rings is 1. The number of hydrogen-bond donors (Lipinski definition) is 2. The molecule has 0 amide bonds. The molecule has 0 saturated heterocycles. The van der Waals surface area contributed by atoms with Crippen molar-refractivity contribution in [2.75, 3.05) is 6.54 Å². The number of rotatable bonds is 4. The quantitative estimate of drug-likeness (QED) is 0.793. The molecule has 10 heteroatoms. The van der Waals surface area contributed by atoms with Crippen LogP contribution >= 0.6 is 12.2 Å². The molecule has 100 valence electrons. The van der Waals surface area contributed by atoms with Crippen LogP contribution in [0.2, 0.25) is 0 Å². The molecule has 0 aromatic carbocycles. The summed E-state index contributed by atoms with van der Waals surface area (Å²) in [7, 11) is -4.25. The van der Waals surface area contributed by atoms with Gasteiger partial charge in [0.2, 0.25) is 10.0 Å². The summed E-state index contributed by atoms with van der Waals surface area (Å²) in [5.41, 5.74) is 5.42. The second kappa shape index (κ2) is 5.16. The van der Waals surface area contributed by atoms with Gasteiger partial charge in [-0.1, -0.05) is 12.2 Å². The van der Waals surface area contributed by atoms with Crippen molar-refractivity contribution in [3.05, 3.63) is 24.0 Å². The van der Waals surface area contributed by atoms with E-state index in [1.807, 2.05) is 0 Å². The Morgan fingerprint density at radius 2 is 2.06 bits per heavy atom. The van der Waals surface area contributed by atoms with E-state index in [2.05, 4.69) is 17.2 Å². The average Bonchev–Trinajstić information content (AvgIpc) is 2.26. The van der Waals surface area contributed by atoms with Gasteiger partial charge >= 0.3 is 6.18 Å². The third-order valence-electron chi connectivity index (χ3n) is 1.76. The van der Waals surface area contributed by atoms with E-state index in [9.17, 15) is 21.6 Å². The van der Waals surface area contributed by atoms with Crippen LogP contribution in [0.4, 0.5) is 13.2 Å². The van der Waals surface area contributed by atoms with Gasteiger partial charge in [0.1, 0.15) is 16.4 Å². The number of nitrogens with one attached hydrogen (secondary N) is 1. The molecule has 0 unspecified atom stereocenters. The molecule has 0 radical (unpaired) electrons. The molecule has 0 atom stereocenters. The van der Waals surface area contributed by atoms with Gasteiger partial charge in [0.25, 0.3) is 0 Å². The van der Waals surface area contributed by atoms with Gasteiger partial charge in [-0.25, -0.2) is 13.1 Å². The van der Waals surface area contributed by atoms with E-state index in [0.717, 1.165) is 12.3 Å². The molecule has 1 aromatic rings. The summed E-state index contributed by atoms with van der Waals surface area (Å²) in [5, 5.41) is 0. The minimum atomic E-state index is -4.63. The van der Waals surface area contributed by atoms with Gasteiger partial charge in [-0.05, 0) is 12.1 Å². The van der Waals surface area contributed by atoms with Crippen LogP contribution in [0.3, 0.4) is 0 Å². The Kier molecular flexibility index (Phi) is 4.24. The number of aromatic nitrogens is 1. The first kappa shape index (κ1) is 14.8. The molecule has 0 spiro atoms. The number of halogens is 3. The van der Waals surface area contributed by atoms with Crippen molar-refractivity contribution in [1.29, 1.82) is 0 Å². The topological polar surface area (TPSA) is 85.1 Å². The Balaban J connectivity index is 2.89. The molecule has 0 aliphatic carbocycles. The van der Waals surface area contributed by atoms with Gasteiger partial charge in [0, 0.05) is 6.20 Å². The van der Waals surface area contributed by atoms with Gasteiger partial charge in [-0.15, -0.1) is 0 Å². The monoisotopic (exact) mass is 299 g/mol. The Morgan fingerprint density at radius 3 is 2.44 bits per heavy atom. The number of nitrogens with two attached hydrogens (primary N) is 1. The molecule has 1 heterocycles. The van der Waals surface area contributed by atoms with Crippen molar-refractivity contribution in [2.24, 2.45) is 5.73 Å². The van der Waals surface area contributed by atoms with E-state index in [0.29, 0.717) is 0 Å². The van der Waals surface area contributed by atoms with Crippen LogP contribution in [0, 0.1) is 0 Å². The van der Waals surface area contributed by atoms with Crippen LogP contribution in [0.1, 0.15) is 5.69 Å². The number of thiocarbonyl (C=S) groups is 1. The highest BCUT2D eigenvalue weighted by atomic mass is 32.2. The lowest BCUT2D eigenvalue weighted by molar-refractivity contribution is -0.121. The van der Waals surface area contributed by atoms with Gasteiger partial charge in [0.05, 0.1) is 5.69 Å². The minimum absolute atomic E-state index is 0.0396. The van der Waals surface area contributed by atoms with Crippen LogP contribution in [0.25, 0.3) is 0 Å². The molecule has 0 aliphatic heterocycles. The van der Waals surface area contributed by atoms with Gasteiger partial charge in [-0.3, -0.25) is 4.98 Å². The van der Waals surface area contributed by atoms with Crippen LogP contribution < -0.4 is 10.5 Å². The number of hydrogen-bond acceptors (Lipinski definition) is 4. The van der Waals surface area contributed by atoms with E-state index in [1.165, 1.54) is 10.8 Å². The van der Waals surface area contributed by atoms with Gasteiger partial charge in [-0.2, -0.15) is 13.2 Å². The number of alkyl halides is 3. The van der Waals surface area contributed by atoms with Crippen molar-refractivity contribution in [1.82, 2.24) is 9.71 Å². The summed E-state index contributed by atoms with van der Waals surface area (Å²) >= 11 is 4.60. The molecule has 0 saturated carbocycles. The van der Waals surface area contributed by atoms with Crippen molar-refractivity contribution in [2.45, 2.75) is 11.1 Å². The summed E-state index contributed by atoms with van der Waals surface area (Å²) in [6.07, 6.45) is -3.74. The first-order chi connectivity index (χ1) is 8.12. The maximum atomic E-state index is 11.9. The lowest BCUT2D eigenvalue weighted by Gasteiger charge is -2.09. The standard InChI is InChI=1S/C8H8F3N3O2S2/c9-8(10,11)4-14-18(15,16)5-1-2-6(7(12)17)13-3-5/h1-3,14H,4H2,(H2,12,17).